The predicted octanol–water partition coefficient (Wildman–Crippen LogP) is 2.30. The molecule has 1 aliphatic carbocycles. The third-order valence-corrected chi connectivity index (χ3v) is 3.47. The second kappa shape index (κ2) is 4.34. The average Bonchev–Trinajstić information content (AvgIpc) is 2.65. The van der Waals surface area contributed by atoms with Gasteiger partial charge in [0.1, 0.15) is 5.75 Å². The molecule has 1 fully saturated rings. The van der Waals surface area contributed by atoms with Crippen LogP contribution in [0.5, 0.6) is 5.75 Å². The van der Waals surface area contributed by atoms with E-state index in [0.717, 1.165) is 36.1 Å². The smallest absolute Gasteiger partial charge is 0.123 e. The summed E-state index contributed by atoms with van der Waals surface area (Å²) in [6, 6.07) is 4.76. The summed E-state index contributed by atoms with van der Waals surface area (Å²) in [7, 11) is 0. The lowest BCUT2D eigenvalue weighted by atomic mass is 10.1. The van der Waals surface area contributed by atoms with Gasteiger partial charge in [0.05, 0.1) is 0 Å². The van der Waals surface area contributed by atoms with Gasteiger partial charge in [0, 0.05) is 23.3 Å². The van der Waals surface area contributed by atoms with Gasteiger partial charge in [-0.2, -0.15) is 0 Å². The summed E-state index contributed by atoms with van der Waals surface area (Å²) >= 11 is 0. The van der Waals surface area contributed by atoms with Crippen LogP contribution >= 0.6 is 0 Å². The normalized spacial score (nSPS) is 24.7. The average molecular weight is 220 g/mol. The van der Waals surface area contributed by atoms with Crippen LogP contribution in [0.25, 0.3) is 0 Å². The van der Waals surface area contributed by atoms with Crippen LogP contribution in [0, 0.1) is 13.8 Å². The van der Waals surface area contributed by atoms with Gasteiger partial charge < -0.3 is 16.2 Å². The van der Waals surface area contributed by atoms with E-state index in [0.29, 0.717) is 17.8 Å². The molecule has 0 radical (unpaired) electrons. The molecular formula is C13H20N2O. The van der Waals surface area contributed by atoms with Gasteiger partial charge >= 0.3 is 0 Å². The van der Waals surface area contributed by atoms with E-state index in [-0.39, 0.29) is 0 Å². The first-order valence-corrected chi connectivity index (χ1v) is 5.89. The lowest BCUT2D eigenvalue weighted by Gasteiger charge is -2.17. The minimum Gasteiger partial charge on any atom is -0.507 e. The van der Waals surface area contributed by atoms with E-state index in [2.05, 4.69) is 5.32 Å². The fraction of sp³-hybridized carbons (Fsp3) is 0.538. The predicted molar refractivity (Wildman–Crippen MR) is 66.8 cm³/mol. The Morgan fingerprint density at radius 2 is 2.06 bits per heavy atom. The fourth-order valence-corrected chi connectivity index (χ4v) is 2.36. The summed E-state index contributed by atoms with van der Waals surface area (Å²) in [4.78, 5) is 0. The van der Waals surface area contributed by atoms with Crippen LogP contribution in [0.2, 0.25) is 0 Å². The van der Waals surface area contributed by atoms with Crippen molar-refractivity contribution in [1.29, 1.82) is 0 Å². The van der Waals surface area contributed by atoms with Gasteiger partial charge in [-0.05, 0) is 44.7 Å². The van der Waals surface area contributed by atoms with Crippen molar-refractivity contribution in [2.24, 2.45) is 5.73 Å². The molecule has 2 unspecified atom stereocenters. The third-order valence-electron chi connectivity index (χ3n) is 3.47. The highest BCUT2D eigenvalue weighted by atomic mass is 16.3. The summed E-state index contributed by atoms with van der Waals surface area (Å²) in [6.07, 6.45) is 3.23. The number of aryl methyl sites for hydroxylation is 1. The summed E-state index contributed by atoms with van der Waals surface area (Å²) in [5, 5.41) is 13.3. The van der Waals surface area contributed by atoms with E-state index < -0.39 is 0 Å². The number of phenolic OH excluding ortho intramolecular Hbond substituents is 1. The molecule has 0 aromatic heterocycles. The van der Waals surface area contributed by atoms with Gasteiger partial charge in [-0.15, -0.1) is 0 Å². The third kappa shape index (κ3) is 2.14. The molecule has 2 rings (SSSR count). The molecule has 0 saturated heterocycles. The molecule has 16 heavy (non-hydrogen) atoms. The quantitative estimate of drug-likeness (QED) is 0.716. The standard InChI is InChI=1S/C13H20N2O/c1-8-3-6-12(9(2)13(8)16)15-11-5-4-10(14)7-11/h3,6,10-11,15-16H,4-5,7,14H2,1-2H3. The summed E-state index contributed by atoms with van der Waals surface area (Å²) < 4.78 is 0. The topological polar surface area (TPSA) is 58.3 Å². The molecule has 2 atom stereocenters. The molecule has 4 N–H and O–H groups in total. The largest absolute Gasteiger partial charge is 0.507 e. The zero-order valence-electron chi connectivity index (χ0n) is 9.96. The van der Waals surface area contributed by atoms with E-state index in [9.17, 15) is 5.11 Å². The number of hydrogen-bond acceptors (Lipinski definition) is 3. The molecule has 0 bridgehead atoms. The van der Waals surface area contributed by atoms with Crippen LogP contribution in [-0.2, 0) is 0 Å². The first-order chi connectivity index (χ1) is 7.58. The van der Waals surface area contributed by atoms with Gasteiger partial charge in [0.25, 0.3) is 0 Å². The second-order valence-electron chi connectivity index (χ2n) is 4.82. The van der Waals surface area contributed by atoms with Crippen LogP contribution in [0.3, 0.4) is 0 Å². The number of nitrogens with two attached hydrogens (primary N) is 1. The first-order valence-electron chi connectivity index (χ1n) is 5.89. The van der Waals surface area contributed by atoms with E-state index in [1.807, 2.05) is 26.0 Å². The van der Waals surface area contributed by atoms with Crippen LogP contribution in [-0.4, -0.2) is 17.2 Å². The number of hydrogen-bond donors (Lipinski definition) is 3. The maximum absolute atomic E-state index is 9.85. The Morgan fingerprint density at radius 3 is 2.69 bits per heavy atom. The van der Waals surface area contributed by atoms with Crippen molar-refractivity contribution in [2.75, 3.05) is 5.32 Å². The van der Waals surface area contributed by atoms with Gasteiger partial charge in [-0.25, -0.2) is 0 Å². The zero-order chi connectivity index (χ0) is 11.7. The highest BCUT2D eigenvalue weighted by molar-refractivity contribution is 5.59. The molecule has 0 spiro atoms. The van der Waals surface area contributed by atoms with Crippen molar-refractivity contribution in [3.8, 4) is 5.75 Å². The molecular weight excluding hydrogens is 200 g/mol. The molecule has 0 heterocycles. The van der Waals surface area contributed by atoms with Crippen molar-refractivity contribution in [1.82, 2.24) is 0 Å². The second-order valence-corrected chi connectivity index (χ2v) is 4.82. The van der Waals surface area contributed by atoms with Crippen LogP contribution in [0.4, 0.5) is 5.69 Å². The Kier molecular flexibility index (Phi) is 3.06. The first kappa shape index (κ1) is 11.3. The van der Waals surface area contributed by atoms with Crippen molar-refractivity contribution >= 4 is 5.69 Å². The van der Waals surface area contributed by atoms with Crippen molar-refractivity contribution in [3.05, 3.63) is 23.3 Å². The number of aromatic hydroxyl groups is 1. The number of phenols is 1. The maximum Gasteiger partial charge on any atom is 0.123 e. The lowest BCUT2D eigenvalue weighted by Crippen LogP contribution is -2.21. The van der Waals surface area contributed by atoms with Crippen molar-refractivity contribution in [2.45, 2.75) is 45.2 Å². The number of rotatable bonds is 2. The van der Waals surface area contributed by atoms with E-state index in [1.165, 1.54) is 0 Å². The zero-order valence-corrected chi connectivity index (χ0v) is 9.96. The SMILES string of the molecule is Cc1ccc(NC2CCC(N)C2)c(C)c1O. The monoisotopic (exact) mass is 220 g/mol. The summed E-state index contributed by atoms with van der Waals surface area (Å²) in [5.74, 6) is 0.396. The number of benzene rings is 1. The Bertz CT molecular complexity index is 390. The number of anilines is 1. The molecule has 1 aromatic carbocycles. The minimum absolute atomic E-state index is 0.330. The molecule has 3 nitrogen and oxygen atoms in total. The van der Waals surface area contributed by atoms with Gasteiger partial charge in [-0.3, -0.25) is 0 Å². The van der Waals surface area contributed by atoms with Crippen molar-refractivity contribution < 1.29 is 5.11 Å². The fourth-order valence-electron chi connectivity index (χ4n) is 2.36. The van der Waals surface area contributed by atoms with E-state index >= 15 is 0 Å². The highest BCUT2D eigenvalue weighted by Crippen LogP contribution is 2.30. The van der Waals surface area contributed by atoms with Crippen LogP contribution in [0.1, 0.15) is 30.4 Å². The Hall–Kier alpha value is -1.22. The highest BCUT2D eigenvalue weighted by Gasteiger charge is 2.22. The van der Waals surface area contributed by atoms with E-state index in [4.69, 9.17) is 5.73 Å². The molecule has 3 heteroatoms. The molecule has 0 amide bonds. The van der Waals surface area contributed by atoms with Crippen molar-refractivity contribution in [3.63, 3.8) is 0 Å². The number of nitrogens with one attached hydrogen (secondary N) is 1. The maximum atomic E-state index is 9.85. The van der Waals surface area contributed by atoms with Crippen LogP contribution in [0.15, 0.2) is 12.1 Å². The Labute approximate surface area is 96.7 Å². The molecule has 0 aliphatic heterocycles. The molecule has 88 valence electrons. The van der Waals surface area contributed by atoms with E-state index in [1.54, 1.807) is 0 Å². The molecule has 1 aliphatic rings. The minimum atomic E-state index is 0.330. The Balaban J connectivity index is 2.13. The Morgan fingerprint density at radius 1 is 1.31 bits per heavy atom. The lowest BCUT2D eigenvalue weighted by molar-refractivity contribution is 0.467. The van der Waals surface area contributed by atoms with Crippen LogP contribution < -0.4 is 11.1 Å². The van der Waals surface area contributed by atoms with Gasteiger partial charge in [-0.1, -0.05) is 6.07 Å². The van der Waals surface area contributed by atoms with Gasteiger partial charge in [0.15, 0.2) is 0 Å². The molecule has 1 saturated carbocycles. The van der Waals surface area contributed by atoms with Gasteiger partial charge in [0.2, 0.25) is 0 Å². The summed E-state index contributed by atoms with van der Waals surface area (Å²) in [5.41, 5.74) is 8.76. The molecule has 1 aromatic rings. The summed E-state index contributed by atoms with van der Waals surface area (Å²) in [6.45, 7) is 3.86.